The minimum absolute atomic E-state index is 0.0585. The molecule has 1 N–H and O–H groups in total. The number of rotatable bonds is 2. The monoisotopic (exact) mass is 195 g/mol. The molecule has 1 amide bonds. The van der Waals surface area contributed by atoms with Crippen molar-refractivity contribution in [3.8, 4) is 0 Å². The van der Waals surface area contributed by atoms with Crippen LogP contribution >= 0.6 is 0 Å². The van der Waals surface area contributed by atoms with E-state index in [1.807, 2.05) is 0 Å². The average Bonchev–Trinajstić information content (AvgIpc) is 2.46. The molecule has 78 valence electrons. The Morgan fingerprint density at radius 3 is 2.79 bits per heavy atom. The number of carbonyl (C=O) groups is 1. The lowest BCUT2D eigenvalue weighted by Gasteiger charge is -2.44. The van der Waals surface area contributed by atoms with Crippen LogP contribution < -0.4 is 5.32 Å². The van der Waals surface area contributed by atoms with Crippen LogP contribution in [0.2, 0.25) is 0 Å². The van der Waals surface area contributed by atoms with Gasteiger partial charge in [-0.3, -0.25) is 4.79 Å². The van der Waals surface area contributed by atoms with Gasteiger partial charge in [0.1, 0.15) is 0 Å². The molecule has 3 heteroatoms. The van der Waals surface area contributed by atoms with Crippen molar-refractivity contribution < 1.29 is 9.53 Å². The van der Waals surface area contributed by atoms with Gasteiger partial charge in [-0.1, -0.05) is 6.58 Å². The molecule has 2 fully saturated rings. The zero-order chi connectivity index (χ0) is 10.2. The van der Waals surface area contributed by atoms with E-state index in [1.54, 1.807) is 0 Å². The summed E-state index contributed by atoms with van der Waals surface area (Å²) in [7, 11) is 0. The van der Waals surface area contributed by atoms with Gasteiger partial charge < -0.3 is 10.1 Å². The lowest BCUT2D eigenvalue weighted by Crippen LogP contribution is -2.50. The third-order valence-electron chi connectivity index (χ3n) is 3.29. The lowest BCUT2D eigenvalue weighted by molar-refractivity contribution is -0.118. The Kier molecular flexibility index (Phi) is 2.35. The first-order valence-electron chi connectivity index (χ1n) is 5.18. The lowest BCUT2D eigenvalue weighted by atomic mass is 9.64. The summed E-state index contributed by atoms with van der Waals surface area (Å²) < 4.78 is 5.56. The molecule has 1 atom stereocenters. The fourth-order valence-corrected chi connectivity index (χ4v) is 2.68. The van der Waals surface area contributed by atoms with E-state index in [1.165, 1.54) is 6.08 Å². The molecule has 1 aliphatic heterocycles. The normalized spacial score (nSPS) is 40.6. The van der Waals surface area contributed by atoms with Crippen molar-refractivity contribution in [3.05, 3.63) is 12.7 Å². The molecule has 2 aliphatic rings. The number of hydrogen-bond donors (Lipinski definition) is 1. The first-order valence-corrected chi connectivity index (χ1v) is 5.18. The molecule has 0 aromatic rings. The van der Waals surface area contributed by atoms with E-state index in [-0.39, 0.29) is 5.91 Å². The highest BCUT2D eigenvalue weighted by Crippen LogP contribution is 2.49. The molecule has 14 heavy (non-hydrogen) atoms. The zero-order valence-corrected chi connectivity index (χ0v) is 8.58. The highest BCUT2D eigenvalue weighted by Gasteiger charge is 2.49. The van der Waals surface area contributed by atoms with Crippen LogP contribution in [0.5, 0.6) is 0 Å². The minimum Gasteiger partial charge on any atom is -0.378 e. The second kappa shape index (κ2) is 3.39. The van der Waals surface area contributed by atoms with Gasteiger partial charge in [0.2, 0.25) is 5.91 Å². The van der Waals surface area contributed by atoms with E-state index in [0.717, 1.165) is 25.9 Å². The van der Waals surface area contributed by atoms with E-state index < -0.39 is 0 Å². The van der Waals surface area contributed by atoms with Crippen molar-refractivity contribution in [2.75, 3.05) is 6.61 Å². The summed E-state index contributed by atoms with van der Waals surface area (Å²) in [4.78, 5) is 11.0. The number of amides is 1. The average molecular weight is 195 g/mol. The smallest absolute Gasteiger partial charge is 0.243 e. The van der Waals surface area contributed by atoms with Crippen molar-refractivity contribution in [2.45, 2.75) is 38.3 Å². The maximum atomic E-state index is 11.0. The highest BCUT2D eigenvalue weighted by molar-refractivity contribution is 5.87. The molecule has 1 spiro atoms. The predicted octanol–water partition coefficient (Wildman–Crippen LogP) is 1.25. The van der Waals surface area contributed by atoms with Gasteiger partial charge in [-0.2, -0.15) is 0 Å². The summed E-state index contributed by atoms with van der Waals surface area (Å²) >= 11 is 0. The van der Waals surface area contributed by atoms with Gasteiger partial charge in [-0.05, 0) is 32.3 Å². The van der Waals surface area contributed by atoms with Crippen LogP contribution in [0.1, 0.15) is 26.2 Å². The minimum atomic E-state index is -0.0585. The second-order valence-electron chi connectivity index (χ2n) is 4.64. The second-order valence-corrected chi connectivity index (χ2v) is 4.64. The Morgan fingerprint density at radius 1 is 1.57 bits per heavy atom. The Balaban J connectivity index is 1.79. The van der Waals surface area contributed by atoms with Crippen molar-refractivity contribution in [2.24, 2.45) is 5.41 Å². The Bertz CT molecular complexity index is 256. The fraction of sp³-hybridized carbons (Fsp3) is 0.727. The van der Waals surface area contributed by atoms with Crippen LogP contribution in [0.15, 0.2) is 12.7 Å². The molecule has 1 heterocycles. The number of ether oxygens (including phenoxy) is 1. The fourth-order valence-electron chi connectivity index (χ4n) is 2.68. The number of carbonyl (C=O) groups excluding carboxylic acids is 1. The van der Waals surface area contributed by atoms with Crippen LogP contribution in [0.3, 0.4) is 0 Å². The molecule has 2 rings (SSSR count). The van der Waals surface area contributed by atoms with Crippen molar-refractivity contribution in [3.63, 3.8) is 0 Å². The standard InChI is InChI=1S/C11H17NO2/c1-3-10(13)12-9-5-11(6-9)4-8(2)14-7-11/h3,8-9H,1,4-7H2,2H3,(H,12,13). The van der Waals surface area contributed by atoms with Crippen LogP contribution in [0.4, 0.5) is 0 Å². The van der Waals surface area contributed by atoms with Crippen LogP contribution in [-0.4, -0.2) is 24.7 Å². The molecule has 1 saturated heterocycles. The van der Waals surface area contributed by atoms with E-state index in [2.05, 4.69) is 18.8 Å². The molecule has 0 bridgehead atoms. The first kappa shape index (κ1) is 9.71. The summed E-state index contributed by atoms with van der Waals surface area (Å²) in [6.07, 6.45) is 5.01. The van der Waals surface area contributed by atoms with Gasteiger partial charge in [-0.25, -0.2) is 0 Å². The SMILES string of the molecule is C=CC(=O)NC1CC2(COC(C)C2)C1. The van der Waals surface area contributed by atoms with Crippen molar-refractivity contribution in [1.29, 1.82) is 0 Å². The molecular weight excluding hydrogens is 178 g/mol. The molecule has 0 aromatic carbocycles. The van der Waals surface area contributed by atoms with E-state index in [9.17, 15) is 4.79 Å². The van der Waals surface area contributed by atoms with Gasteiger partial charge in [0.05, 0.1) is 12.7 Å². The first-order chi connectivity index (χ1) is 6.63. The van der Waals surface area contributed by atoms with Gasteiger partial charge in [0, 0.05) is 11.5 Å². The summed E-state index contributed by atoms with van der Waals surface area (Å²) in [6, 6.07) is 0.342. The highest BCUT2D eigenvalue weighted by atomic mass is 16.5. The summed E-state index contributed by atoms with van der Waals surface area (Å²) in [5.74, 6) is -0.0585. The van der Waals surface area contributed by atoms with Crippen molar-refractivity contribution >= 4 is 5.91 Å². The molecule has 0 aromatic heterocycles. The molecular formula is C11H17NO2. The quantitative estimate of drug-likeness (QED) is 0.673. The maximum absolute atomic E-state index is 11.0. The topological polar surface area (TPSA) is 38.3 Å². The Hall–Kier alpha value is -0.830. The zero-order valence-electron chi connectivity index (χ0n) is 8.58. The van der Waals surface area contributed by atoms with Gasteiger partial charge in [-0.15, -0.1) is 0 Å². The molecule has 0 radical (unpaired) electrons. The van der Waals surface area contributed by atoms with Crippen LogP contribution in [0, 0.1) is 5.41 Å². The maximum Gasteiger partial charge on any atom is 0.243 e. The Labute approximate surface area is 84.5 Å². The summed E-state index contributed by atoms with van der Waals surface area (Å²) in [5, 5.41) is 2.92. The van der Waals surface area contributed by atoms with Gasteiger partial charge in [0.15, 0.2) is 0 Å². The van der Waals surface area contributed by atoms with Crippen LogP contribution in [0.25, 0.3) is 0 Å². The summed E-state index contributed by atoms with van der Waals surface area (Å²) in [6.45, 7) is 6.42. The van der Waals surface area contributed by atoms with Crippen LogP contribution in [-0.2, 0) is 9.53 Å². The molecule has 1 saturated carbocycles. The molecule has 1 aliphatic carbocycles. The molecule has 3 nitrogen and oxygen atoms in total. The Morgan fingerprint density at radius 2 is 2.29 bits per heavy atom. The van der Waals surface area contributed by atoms with Gasteiger partial charge in [0.25, 0.3) is 0 Å². The van der Waals surface area contributed by atoms with E-state index >= 15 is 0 Å². The third kappa shape index (κ3) is 1.69. The number of nitrogens with one attached hydrogen (secondary N) is 1. The summed E-state index contributed by atoms with van der Waals surface area (Å²) in [5.41, 5.74) is 0.374. The van der Waals surface area contributed by atoms with E-state index in [0.29, 0.717) is 17.6 Å². The largest absolute Gasteiger partial charge is 0.378 e. The molecule has 1 unspecified atom stereocenters. The van der Waals surface area contributed by atoms with E-state index in [4.69, 9.17) is 4.74 Å². The third-order valence-corrected chi connectivity index (χ3v) is 3.29. The number of hydrogen-bond acceptors (Lipinski definition) is 2. The van der Waals surface area contributed by atoms with Gasteiger partial charge >= 0.3 is 0 Å². The van der Waals surface area contributed by atoms with Crippen molar-refractivity contribution in [1.82, 2.24) is 5.32 Å². The predicted molar refractivity (Wildman–Crippen MR) is 53.8 cm³/mol.